The molecule has 3 nitrogen and oxygen atoms in total. The third kappa shape index (κ3) is 1.01. The molecule has 66 valence electrons. The molecule has 0 fully saturated rings. The van der Waals surface area contributed by atoms with E-state index in [2.05, 4.69) is 29.5 Å². The fourth-order valence-corrected chi connectivity index (χ4v) is 1.85. The van der Waals surface area contributed by atoms with Gasteiger partial charge in [-0.15, -0.1) is 0 Å². The normalized spacial score (nSPS) is 17.8. The summed E-state index contributed by atoms with van der Waals surface area (Å²) in [4.78, 5) is 2.30. The van der Waals surface area contributed by atoms with Gasteiger partial charge in [0, 0.05) is 25.3 Å². The van der Waals surface area contributed by atoms with Gasteiger partial charge in [0.15, 0.2) is 0 Å². The van der Waals surface area contributed by atoms with E-state index in [-0.39, 0.29) is 0 Å². The van der Waals surface area contributed by atoms with E-state index in [1.165, 1.54) is 11.4 Å². The molecule has 0 radical (unpaired) electrons. The number of fused-ring (bicyclic) bond motifs is 1. The Morgan fingerprint density at radius 3 is 2.92 bits per heavy atom. The summed E-state index contributed by atoms with van der Waals surface area (Å²) < 4.78 is 2.31. The average Bonchev–Trinajstić information content (AvgIpc) is 2.28. The molecule has 2 N–H and O–H groups in total. The molecule has 0 atom stereocenters. The van der Waals surface area contributed by atoms with Gasteiger partial charge < -0.3 is 10.3 Å². The summed E-state index contributed by atoms with van der Waals surface area (Å²) in [6.07, 6.45) is 0. The Labute approximate surface area is 72.8 Å². The highest BCUT2D eigenvalue weighted by Crippen LogP contribution is 2.22. The molecule has 0 saturated carbocycles. The van der Waals surface area contributed by atoms with Crippen LogP contribution in [0.4, 0.5) is 5.69 Å². The van der Waals surface area contributed by atoms with Crippen LogP contribution < -0.4 is 5.73 Å². The van der Waals surface area contributed by atoms with Crippen LogP contribution in [-0.2, 0) is 13.1 Å². The molecule has 3 heteroatoms. The van der Waals surface area contributed by atoms with Gasteiger partial charge in [0.25, 0.3) is 0 Å². The molecular weight excluding hydrogens is 150 g/mol. The number of nitrogen functional groups attached to an aromatic ring is 1. The molecule has 0 unspecified atom stereocenters. The topological polar surface area (TPSA) is 34.2 Å². The lowest BCUT2D eigenvalue weighted by molar-refractivity contribution is 0.269. The van der Waals surface area contributed by atoms with Gasteiger partial charge in [-0.2, -0.15) is 0 Å². The summed E-state index contributed by atoms with van der Waals surface area (Å²) in [5, 5.41) is 0. The highest BCUT2D eigenvalue weighted by molar-refractivity contribution is 5.47. The Bertz CT molecular complexity index is 301. The smallest absolute Gasteiger partial charge is 0.0552 e. The second kappa shape index (κ2) is 2.52. The summed E-state index contributed by atoms with van der Waals surface area (Å²) in [6.45, 7) is 5.31. The molecule has 2 rings (SSSR count). The quantitative estimate of drug-likeness (QED) is 0.617. The van der Waals surface area contributed by atoms with E-state index in [4.69, 9.17) is 5.73 Å². The second-order valence-electron chi connectivity index (χ2n) is 3.58. The van der Waals surface area contributed by atoms with Gasteiger partial charge in [0.2, 0.25) is 0 Å². The van der Waals surface area contributed by atoms with Crippen molar-refractivity contribution in [3.05, 3.63) is 17.5 Å². The van der Waals surface area contributed by atoms with Gasteiger partial charge in [-0.05, 0) is 20.0 Å². The number of likely N-dealkylation sites (N-methyl/N-ethyl adjacent to an activating group) is 1. The van der Waals surface area contributed by atoms with Crippen molar-refractivity contribution in [1.82, 2.24) is 9.47 Å². The van der Waals surface area contributed by atoms with Crippen LogP contribution in [0.5, 0.6) is 0 Å². The van der Waals surface area contributed by atoms with Gasteiger partial charge in [-0.1, -0.05) is 0 Å². The molecule has 0 aromatic carbocycles. The van der Waals surface area contributed by atoms with Crippen molar-refractivity contribution in [3.8, 4) is 0 Å². The summed E-state index contributed by atoms with van der Waals surface area (Å²) in [7, 11) is 2.13. The Morgan fingerprint density at radius 2 is 2.17 bits per heavy atom. The van der Waals surface area contributed by atoms with Crippen LogP contribution in [0.1, 0.15) is 11.4 Å². The van der Waals surface area contributed by atoms with E-state index in [9.17, 15) is 0 Å². The number of rotatable bonds is 0. The molecule has 1 aliphatic rings. The van der Waals surface area contributed by atoms with Crippen LogP contribution in [0.25, 0.3) is 0 Å². The van der Waals surface area contributed by atoms with Crippen LogP contribution in [-0.4, -0.2) is 23.1 Å². The lowest BCUT2D eigenvalue weighted by Crippen LogP contribution is -2.30. The molecule has 12 heavy (non-hydrogen) atoms. The Balaban J connectivity index is 2.45. The van der Waals surface area contributed by atoms with Crippen LogP contribution >= 0.6 is 0 Å². The van der Waals surface area contributed by atoms with Crippen LogP contribution in [0.3, 0.4) is 0 Å². The van der Waals surface area contributed by atoms with Gasteiger partial charge >= 0.3 is 0 Å². The summed E-state index contributed by atoms with van der Waals surface area (Å²) >= 11 is 0. The van der Waals surface area contributed by atoms with E-state index < -0.39 is 0 Å². The van der Waals surface area contributed by atoms with Crippen molar-refractivity contribution >= 4 is 5.69 Å². The molecule has 0 amide bonds. The maximum atomic E-state index is 5.88. The fraction of sp³-hybridized carbons (Fsp3) is 0.556. The number of nitrogens with two attached hydrogens (primary N) is 1. The highest BCUT2D eigenvalue weighted by atomic mass is 15.2. The van der Waals surface area contributed by atoms with Crippen molar-refractivity contribution in [2.24, 2.45) is 0 Å². The van der Waals surface area contributed by atoms with Crippen molar-refractivity contribution in [2.75, 3.05) is 19.3 Å². The zero-order chi connectivity index (χ0) is 8.72. The summed E-state index contributed by atoms with van der Waals surface area (Å²) in [5.41, 5.74) is 9.39. The second-order valence-corrected chi connectivity index (χ2v) is 3.58. The molecule has 1 aromatic rings. The average molecular weight is 165 g/mol. The van der Waals surface area contributed by atoms with Crippen molar-refractivity contribution in [2.45, 2.75) is 20.0 Å². The molecular formula is C9H15N3. The molecule has 0 bridgehead atoms. The van der Waals surface area contributed by atoms with Crippen molar-refractivity contribution in [1.29, 1.82) is 0 Å². The minimum absolute atomic E-state index is 0.944. The van der Waals surface area contributed by atoms with E-state index >= 15 is 0 Å². The summed E-state index contributed by atoms with van der Waals surface area (Å²) in [5.74, 6) is 0. The van der Waals surface area contributed by atoms with E-state index in [1.54, 1.807) is 0 Å². The third-order valence-corrected chi connectivity index (χ3v) is 2.57. The molecule has 0 spiro atoms. The van der Waals surface area contributed by atoms with Gasteiger partial charge in [0.05, 0.1) is 11.4 Å². The van der Waals surface area contributed by atoms with Crippen LogP contribution in [0.15, 0.2) is 6.07 Å². The third-order valence-electron chi connectivity index (χ3n) is 2.57. The molecule has 1 aliphatic heterocycles. The lowest BCUT2D eigenvalue weighted by Gasteiger charge is -2.25. The first-order chi connectivity index (χ1) is 5.68. The number of hydrogen-bond donors (Lipinski definition) is 1. The zero-order valence-corrected chi connectivity index (χ0v) is 7.67. The van der Waals surface area contributed by atoms with Gasteiger partial charge in [0.1, 0.15) is 0 Å². The Hall–Kier alpha value is -0.960. The van der Waals surface area contributed by atoms with Crippen LogP contribution in [0.2, 0.25) is 0 Å². The molecule has 0 aliphatic carbocycles. The standard InChI is InChI=1S/C9H15N3/c1-7-5-8(10)9-6-11(2)3-4-12(7)9/h5H,3-4,6,10H2,1-2H3. The lowest BCUT2D eigenvalue weighted by atomic mass is 10.3. The Morgan fingerprint density at radius 1 is 1.42 bits per heavy atom. The summed E-state index contributed by atoms with van der Waals surface area (Å²) in [6, 6.07) is 2.06. The molecule has 2 heterocycles. The first kappa shape index (κ1) is 7.68. The maximum Gasteiger partial charge on any atom is 0.0552 e. The zero-order valence-electron chi connectivity index (χ0n) is 7.67. The first-order valence-electron chi connectivity index (χ1n) is 4.31. The van der Waals surface area contributed by atoms with E-state index in [1.807, 2.05) is 0 Å². The number of nitrogens with zero attached hydrogens (tertiary/aromatic N) is 2. The minimum atomic E-state index is 0.944. The van der Waals surface area contributed by atoms with Gasteiger partial charge in [-0.3, -0.25) is 4.90 Å². The van der Waals surface area contributed by atoms with Gasteiger partial charge in [-0.25, -0.2) is 0 Å². The fourth-order valence-electron chi connectivity index (χ4n) is 1.85. The van der Waals surface area contributed by atoms with Crippen molar-refractivity contribution in [3.63, 3.8) is 0 Å². The maximum absolute atomic E-state index is 5.88. The van der Waals surface area contributed by atoms with Crippen molar-refractivity contribution < 1.29 is 0 Å². The monoisotopic (exact) mass is 165 g/mol. The minimum Gasteiger partial charge on any atom is -0.397 e. The predicted molar refractivity (Wildman–Crippen MR) is 49.9 cm³/mol. The molecule has 1 aromatic heterocycles. The predicted octanol–water partition coefficient (Wildman–Crippen LogP) is 0.824. The number of anilines is 1. The van der Waals surface area contributed by atoms with E-state index in [0.29, 0.717) is 0 Å². The largest absolute Gasteiger partial charge is 0.397 e. The number of aryl methyl sites for hydroxylation is 1. The molecule has 0 saturated heterocycles. The Kier molecular flexibility index (Phi) is 1.61. The number of aromatic nitrogens is 1. The van der Waals surface area contributed by atoms with Crippen LogP contribution in [0, 0.1) is 6.92 Å². The SMILES string of the molecule is Cc1cc(N)c2n1CCN(C)C2. The number of hydrogen-bond acceptors (Lipinski definition) is 2. The first-order valence-corrected chi connectivity index (χ1v) is 4.31. The van der Waals surface area contributed by atoms with E-state index in [0.717, 1.165) is 25.3 Å². The highest BCUT2D eigenvalue weighted by Gasteiger charge is 2.16.